The fourth-order valence-electron chi connectivity index (χ4n) is 4.89. The maximum atomic E-state index is 12.9. The number of alkyl carbamates (subject to hydrolysis) is 1. The van der Waals surface area contributed by atoms with Crippen molar-refractivity contribution in [1.82, 2.24) is 15.5 Å². The summed E-state index contributed by atoms with van der Waals surface area (Å²) in [7, 11) is 3.63. The first-order chi connectivity index (χ1) is 16.8. The second-order valence-corrected chi connectivity index (χ2v) is 9.73. The Morgan fingerprint density at radius 3 is 2.17 bits per heavy atom. The number of hydrogen-bond donors (Lipinski definition) is 3. The third-order valence-electron chi connectivity index (χ3n) is 6.76. The number of carbonyl (C=O) groups excluding carboxylic acids is 2. The largest absolute Gasteiger partial charge is 0.481 e. The van der Waals surface area contributed by atoms with E-state index in [0.717, 1.165) is 35.1 Å². The van der Waals surface area contributed by atoms with Crippen LogP contribution in [0.15, 0.2) is 48.5 Å². The van der Waals surface area contributed by atoms with Crippen LogP contribution < -0.4 is 10.6 Å². The predicted molar refractivity (Wildman–Crippen MR) is 132 cm³/mol. The molecule has 1 saturated carbocycles. The Labute approximate surface area is 205 Å². The van der Waals surface area contributed by atoms with Crippen molar-refractivity contribution in [2.75, 3.05) is 33.8 Å². The molecule has 2 aliphatic carbocycles. The first-order valence-electron chi connectivity index (χ1n) is 12.1. The van der Waals surface area contributed by atoms with Gasteiger partial charge in [-0.1, -0.05) is 48.5 Å². The molecule has 2 aromatic carbocycles. The number of nitrogens with zero attached hydrogens (tertiary/aromatic N) is 1. The summed E-state index contributed by atoms with van der Waals surface area (Å²) in [6, 6.07) is 15.4. The van der Waals surface area contributed by atoms with E-state index in [4.69, 9.17) is 9.84 Å². The summed E-state index contributed by atoms with van der Waals surface area (Å²) >= 11 is 0. The molecule has 2 aliphatic rings. The zero-order valence-electron chi connectivity index (χ0n) is 20.2. The Hall–Kier alpha value is -3.39. The van der Waals surface area contributed by atoms with Gasteiger partial charge in [-0.3, -0.25) is 9.59 Å². The third kappa shape index (κ3) is 6.19. The average molecular weight is 480 g/mol. The van der Waals surface area contributed by atoms with Crippen LogP contribution in [0.1, 0.15) is 36.3 Å². The normalized spacial score (nSPS) is 16.2. The Bertz CT molecular complexity index is 1040. The molecule has 35 heavy (non-hydrogen) atoms. The number of aliphatic carboxylic acids is 1. The van der Waals surface area contributed by atoms with Gasteiger partial charge in [0.05, 0.1) is 6.42 Å². The van der Waals surface area contributed by atoms with E-state index < -0.39 is 18.1 Å². The van der Waals surface area contributed by atoms with Gasteiger partial charge in [-0.05, 0) is 61.0 Å². The van der Waals surface area contributed by atoms with Crippen molar-refractivity contribution in [1.29, 1.82) is 0 Å². The van der Waals surface area contributed by atoms with E-state index in [2.05, 4.69) is 34.9 Å². The Kier molecular flexibility index (Phi) is 7.70. The van der Waals surface area contributed by atoms with Gasteiger partial charge in [0.25, 0.3) is 0 Å². The highest BCUT2D eigenvalue weighted by molar-refractivity contribution is 5.86. The van der Waals surface area contributed by atoms with Gasteiger partial charge in [0, 0.05) is 19.0 Å². The number of hydrogen-bond acceptors (Lipinski definition) is 5. The summed E-state index contributed by atoms with van der Waals surface area (Å²) in [5.74, 6) is -1.02. The van der Waals surface area contributed by atoms with Crippen LogP contribution in [0.25, 0.3) is 11.1 Å². The summed E-state index contributed by atoms with van der Waals surface area (Å²) in [6.07, 6.45) is 1.36. The molecule has 2 amide bonds. The van der Waals surface area contributed by atoms with Crippen LogP contribution in [0, 0.1) is 11.8 Å². The lowest BCUT2D eigenvalue weighted by atomic mass is 9.98. The van der Waals surface area contributed by atoms with Crippen molar-refractivity contribution in [3.05, 3.63) is 59.7 Å². The maximum absolute atomic E-state index is 12.9. The molecule has 3 N–H and O–H groups in total. The van der Waals surface area contributed by atoms with Gasteiger partial charge < -0.3 is 25.4 Å². The fraction of sp³-hybridized carbons (Fsp3) is 0.444. The topological polar surface area (TPSA) is 108 Å². The first kappa shape index (κ1) is 24.7. The minimum atomic E-state index is -0.863. The molecule has 1 unspecified atom stereocenters. The molecule has 4 rings (SSSR count). The van der Waals surface area contributed by atoms with Crippen molar-refractivity contribution < 1.29 is 24.2 Å². The van der Waals surface area contributed by atoms with Crippen LogP contribution in [-0.2, 0) is 14.3 Å². The van der Waals surface area contributed by atoms with Crippen LogP contribution in [0.3, 0.4) is 0 Å². The van der Waals surface area contributed by atoms with Gasteiger partial charge in [0.15, 0.2) is 0 Å². The van der Waals surface area contributed by atoms with E-state index in [1.54, 1.807) is 0 Å². The molecule has 0 heterocycles. The van der Waals surface area contributed by atoms with Gasteiger partial charge in [0.1, 0.15) is 12.6 Å². The molecule has 186 valence electrons. The molecular formula is C27H33N3O5. The quantitative estimate of drug-likeness (QED) is 0.457. The van der Waals surface area contributed by atoms with E-state index in [-0.39, 0.29) is 37.3 Å². The summed E-state index contributed by atoms with van der Waals surface area (Å²) in [6.45, 7) is 0.744. The molecule has 0 aliphatic heterocycles. The van der Waals surface area contributed by atoms with Gasteiger partial charge in [-0.2, -0.15) is 0 Å². The molecule has 0 saturated heterocycles. The van der Waals surface area contributed by atoms with Crippen LogP contribution in [0.5, 0.6) is 0 Å². The van der Waals surface area contributed by atoms with E-state index in [0.29, 0.717) is 12.5 Å². The van der Waals surface area contributed by atoms with Crippen molar-refractivity contribution in [3.8, 4) is 11.1 Å². The van der Waals surface area contributed by atoms with Crippen molar-refractivity contribution in [2.45, 2.75) is 31.2 Å². The second-order valence-electron chi connectivity index (χ2n) is 9.73. The van der Waals surface area contributed by atoms with Crippen LogP contribution in [0.2, 0.25) is 0 Å². The standard InChI is InChI=1S/C27H33N3O5/c1-30(2)15-24(26(33)28-14-18(13-25(31)32)17-11-12-17)29-27(34)35-16-23-21-9-5-3-7-19(21)20-8-4-6-10-22(20)23/h3-10,17-18,23-24H,11-16H2,1-2H3,(H,28,33)(H,29,34)(H,31,32)/t18?,24-/m0/s1. The molecule has 0 radical (unpaired) electrons. The van der Waals surface area contributed by atoms with Crippen LogP contribution in [-0.4, -0.2) is 67.8 Å². The summed E-state index contributed by atoms with van der Waals surface area (Å²) in [4.78, 5) is 38.6. The number of carbonyl (C=O) groups is 3. The predicted octanol–water partition coefficient (Wildman–Crippen LogP) is 3.07. The van der Waals surface area contributed by atoms with E-state index in [1.165, 1.54) is 0 Å². The smallest absolute Gasteiger partial charge is 0.407 e. The fourth-order valence-corrected chi connectivity index (χ4v) is 4.89. The Balaban J connectivity index is 1.36. The van der Waals surface area contributed by atoms with Crippen molar-refractivity contribution >= 4 is 18.0 Å². The number of fused-ring (bicyclic) bond motifs is 3. The molecule has 8 heteroatoms. The third-order valence-corrected chi connectivity index (χ3v) is 6.76. The first-order valence-corrected chi connectivity index (χ1v) is 12.1. The zero-order valence-corrected chi connectivity index (χ0v) is 20.2. The molecule has 0 spiro atoms. The maximum Gasteiger partial charge on any atom is 0.407 e. The lowest BCUT2D eigenvalue weighted by Gasteiger charge is -2.23. The minimum absolute atomic E-state index is 0.0309. The molecule has 2 aromatic rings. The lowest BCUT2D eigenvalue weighted by Crippen LogP contribution is -2.52. The number of benzene rings is 2. The molecule has 1 fully saturated rings. The number of rotatable bonds is 11. The second kappa shape index (κ2) is 10.9. The van der Waals surface area contributed by atoms with Gasteiger partial charge in [-0.25, -0.2) is 4.79 Å². The van der Waals surface area contributed by atoms with E-state index in [9.17, 15) is 14.4 Å². The highest BCUT2D eigenvalue weighted by Crippen LogP contribution is 2.44. The number of likely N-dealkylation sites (N-methyl/N-ethyl adjacent to an activating group) is 1. The SMILES string of the molecule is CN(C)C[C@H](NC(=O)OCC1c2ccccc2-c2ccccc21)C(=O)NCC(CC(=O)O)C1CC1. The molecule has 0 aromatic heterocycles. The van der Waals surface area contributed by atoms with Gasteiger partial charge in [-0.15, -0.1) is 0 Å². The number of ether oxygens (including phenoxy) is 1. The summed E-state index contributed by atoms with van der Waals surface area (Å²) in [5, 5.41) is 14.7. The highest BCUT2D eigenvalue weighted by Gasteiger charge is 2.34. The number of amides is 2. The average Bonchev–Trinajstić information content (AvgIpc) is 3.62. The zero-order chi connectivity index (χ0) is 24.9. The highest BCUT2D eigenvalue weighted by atomic mass is 16.5. The lowest BCUT2D eigenvalue weighted by molar-refractivity contribution is -0.138. The molecule has 0 bridgehead atoms. The monoisotopic (exact) mass is 479 g/mol. The van der Waals surface area contributed by atoms with Crippen LogP contribution >= 0.6 is 0 Å². The van der Waals surface area contributed by atoms with E-state index >= 15 is 0 Å². The van der Waals surface area contributed by atoms with E-state index in [1.807, 2.05) is 43.3 Å². The Morgan fingerprint density at radius 1 is 1.03 bits per heavy atom. The van der Waals surface area contributed by atoms with Gasteiger partial charge in [0.2, 0.25) is 5.91 Å². The number of carboxylic acids is 1. The molecule has 2 atom stereocenters. The number of nitrogens with one attached hydrogen (secondary N) is 2. The minimum Gasteiger partial charge on any atom is -0.481 e. The Morgan fingerprint density at radius 2 is 1.63 bits per heavy atom. The van der Waals surface area contributed by atoms with Crippen molar-refractivity contribution in [3.63, 3.8) is 0 Å². The summed E-state index contributed by atoms with van der Waals surface area (Å²) < 4.78 is 5.60. The van der Waals surface area contributed by atoms with Crippen LogP contribution in [0.4, 0.5) is 4.79 Å². The number of carboxylic acid groups (broad SMARTS) is 1. The van der Waals surface area contributed by atoms with Crippen molar-refractivity contribution in [2.24, 2.45) is 11.8 Å². The molecular weight excluding hydrogens is 446 g/mol. The summed E-state index contributed by atoms with van der Waals surface area (Å²) in [5.41, 5.74) is 4.53. The van der Waals surface area contributed by atoms with Gasteiger partial charge >= 0.3 is 12.1 Å². The molecule has 8 nitrogen and oxygen atoms in total.